The largest absolute Gasteiger partial charge is 0.433 e. The molecule has 2 rings (SSSR count). The van der Waals surface area contributed by atoms with E-state index in [1.54, 1.807) is 0 Å². The second kappa shape index (κ2) is 4.48. The summed E-state index contributed by atoms with van der Waals surface area (Å²) in [6, 6.07) is 1.13. The van der Waals surface area contributed by atoms with Crippen LogP contribution in [0.3, 0.4) is 0 Å². The molecule has 1 aliphatic rings. The van der Waals surface area contributed by atoms with Gasteiger partial charge in [0.25, 0.3) is 0 Å². The molecular weight excluding hydrogens is 233 g/mol. The van der Waals surface area contributed by atoms with Crippen molar-refractivity contribution in [3.8, 4) is 0 Å². The molecule has 1 fully saturated rings. The van der Waals surface area contributed by atoms with Crippen LogP contribution in [0.15, 0.2) is 12.4 Å². The predicted molar refractivity (Wildman–Crippen MR) is 56.7 cm³/mol. The van der Waals surface area contributed by atoms with Gasteiger partial charge in [0.15, 0.2) is 0 Å². The molecule has 1 atom stereocenters. The van der Waals surface area contributed by atoms with Crippen LogP contribution in [0.2, 0.25) is 0 Å². The molecule has 0 amide bonds. The third-order valence-corrected chi connectivity index (χ3v) is 2.74. The fraction of sp³-hybridized carbons (Fsp3) is 0.600. The second-order valence-corrected chi connectivity index (χ2v) is 4.01. The first-order valence-corrected chi connectivity index (χ1v) is 5.35. The summed E-state index contributed by atoms with van der Waals surface area (Å²) in [5.74, 6) is 0.335. The van der Waals surface area contributed by atoms with Crippen LogP contribution >= 0.6 is 0 Å². The van der Waals surface area contributed by atoms with E-state index in [2.05, 4.69) is 15.3 Å². The standard InChI is InChI=1S/C10H13F3N4/c1-7-5-14-2-3-17(7)9-4-8(10(11,12)13)15-6-16-9/h4,6-7,14H,2-3,5H2,1H3/t7-/m0/s1. The molecule has 1 aromatic rings. The van der Waals surface area contributed by atoms with Gasteiger partial charge in [0, 0.05) is 31.7 Å². The summed E-state index contributed by atoms with van der Waals surface area (Å²) in [6.07, 6.45) is -3.46. The van der Waals surface area contributed by atoms with E-state index in [4.69, 9.17) is 0 Å². The Bertz CT molecular complexity index is 393. The van der Waals surface area contributed by atoms with Crippen LogP contribution in [0.5, 0.6) is 0 Å². The number of anilines is 1. The van der Waals surface area contributed by atoms with Crippen LogP contribution in [-0.4, -0.2) is 35.6 Å². The van der Waals surface area contributed by atoms with Crippen molar-refractivity contribution in [2.75, 3.05) is 24.5 Å². The van der Waals surface area contributed by atoms with Gasteiger partial charge in [0.05, 0.1) is 0 Å². The Morgan fingerprint density at radius 1 is 1.41 bits per heavy atom. The average Bonchev–Trinajstić information content (AvgIpc) is 2.29. The van der Waals surface area contributed by atoms with Crippen LogP contribution in [0.4, 0.5) is 19.0 Å². The first-order chi connectivity index (χ1) is 7.98. The smallest absolute Gasteiger partial charge is 0.351 e. The van der Waals surface area contributed by atoms with E-state index in [1.807, 2.05) is 11.8 Å². The van der Waals surface area contributed by atoms with Crippen LogP contribution in [-0.2, 0) is 6.18 Å². The molecule has 1 aliphatic heterocycles. The van der Waals surface area contributed by atoms with E-state index in [0.29, 0.717) is 12.4 Å². The highest BCUT2D eigenvalue weighted by Crippen LogP contribution is 2.29. The monoisotopic (exact) mass is 246 g/mol. The van der Waals surface area contributed by atoms with E-state index >= 15 is 0 Å². The van der Waals surface area contributed by atoms with E-state index in [1.165, 1.54) is 0 Å². The van der Waals surface area contributed by atoms with Crippen molar-refractivity contribution in [1.29, 1.82) is 0 Å². The molecular formula is C10H13F3N4. The van der Waals surface area contributed by atoms with Crippen LogP contribution in [0.25, 0.3) is 0 Å². The van der Waals surface area contributed by atoms with Crippen molar-refractivity contribution in [3.63, 3.8) is 0 Å². The zero-order valence-electron chi connectivity index (χ0n) is 9.33. The molecule has 0 aromatic carbocycles. The SMILES string of the molecule is C[C@H]1CNCCN1c1cc(C(F)(F)F)ncn1. The zero-order chi connectivity index (χ0) is 12.5. The highest BCUT2D eigenvalue weighted by molar-refractivity contribution is 5.41. The lowest BCUT2D eigenvalue weighted by Crippen LogP contribution is -2.50. The molecule has 1 N–H and O–H groups in total. The zero-order valence-corrected chi connectivity index (χ0v) is 9.33. The highest BCUT2D eigenvalue weighted by atomic mass is 19.4. The molecule has 0 aliphatic carbocycles. The first kappa shape index (κ1) is 12.1. The summed E-state index contributed by atoms with van der Waals surface area (Å²) in [6.45, 7) is 4.08. The minimum absolute atomic E-state index is 0.125. The maximum atomic E-state index is 12.5. The number of nitrogens with zero attached hydrogens (tertiary/aromatic N) is 3. The topological polar surface area (TPSA) is 41.0 Å². The van der Waals surface area contributed by atoms with Crippen LogP contribution < -0.4 is 10.2 Å². The van der Waals surface area contributed by atoms with Crippen LogP contribution in [0.1, 0.15) is 12.6 Å². The lowest BCUT2D eigenvalue weighted by atomic mass is 10.2. The van der Waals surface area contributed by atoms with Gasteiger partial charge in [-0.3, -0.25) is 0 Å². The molecule has 1 saturated heterocycles. The van der Waals surface area contributed by atoms with Gasteiger partial charge in [-0.1, -0.05) is 0 Å². The Kier molecular flexibility index (Phi) is 3.19. The Morgan fingerprint density at radius 2 is 2.18 bits per heavy atom. The lowest BCUT2D eigenvalue weighted by Gasteiger charge is -2.34. The van der Waals surface area contributed by atoms with E-state index in [9.17, 15) is 13.2 Å². The van der Waals surface area contributed by atoms with E-state index < -0.39 is 11.9 Å². The van der Waals surface area contributed by atoms with Gasteiger partial charge in [0.1, 0.15) is 17.8 Å². The summed E-state index contributed by atoms with van der Waals surface area (Å²) in [5.41, 5.74) is -0.895. The molecule has 94 valence electrons. The third kappa shape index (κ3) is 2.66. The maximum absolute atomic E-state index is 12.5. The fourth-order valence-electron chi connectivity index (χ4n) is 1.84. The average molecular weight is 246 g/mol. The second-order valence-electron chi connectivity index (χ2n) is 4.01. The van der Waals surface area contributed by atoms with Crippen molar-refractivity contribution in [3.05, 3.63) is 18.1 Å². The number of halogens is 3. The molecule has 0 bridgehead atoms. The summed E-state index contributed by atoms with van der Waals surface area (Å²) in [5, 5.41) is 3.17. The molecule has 0 saturated carbocycles. The molecule has 4 nitrogen and oxygen atoms in total. The molecule has 0 spiro atoms. The number of nitrogens with one attached hydrogen (secondary N) is 1. The summed E-state index contributed by atoms with van der Waals surface area (Å²) < 4.78 is 37.5. The molecule has 7 heteroatoms. The van der Waals surface area contributed by atoms with Crippen LogP contribution in [0, 0.1) is 0 Å². The van der Waals surface area contributed by atoms with Crippen molar-refractivity contribution >= 4 is 5.82 Å². The quantitative estimate of drug-likeness (QED) is 0.810. The van der Waals surface area contributed by atoms with Gasteiger partial charge >= 0.3 is 6.18 Å². The number of piperazine rings is 1. The Labute approximate surface area is 96.9 Å². The molecule has 0 radical (unpaired) electrons. The van der Waals surface area contributed by atoms with Gasteiger partial charge in [-0.2, -0.15) is 13.2 Å². The van der Waals surface area contributed by atoms with E-state index in [0.717, 1.165) is 25.5 Å². The minimum atomic E-state index is -4.42. The summed E-state index contributed by atoms with van der Waals surface area (Å²) >= 11 is 0. The van der Waals surface area contributed by atoms with Gasteiger partial charge in [-0.25, -0.2) is 9.97 Å². The first-order valence-electron chi connectivity index (χ1n) is 5.35. The minimum Gasteiger partial charge on any atom is -0.351 e. The van der Waals surface area contributed by atoms with Crippen molar-refractivity contribution in [2.24, 2.45) is 0 Å². The number of hydrogen-bond donors (Lipinski definition) is 1. The molecule has 0 unspecified atom stereocenters. The van der Waals surface area contributed by atoms with Crippen molar-refractivity contribution < 1.29 is 13.2 Å². The van der Waals surface area contributed by atoms with Crippen molar-refractivity contribution in [1.82, 2.24) is 15.3 Å². The number of aromatic nitrogens is 2. The highest BCUT2D eigenvalue weighted by Gasteiger charge is 2.33. The Hall–Kier alpha value is -1.37. The van der Waals surface area contributed by atoms with Crippen molar-refractivity contribution in [2.45, 2.75) is 19.1 Å². The molecule has 2 heterocycles. The Morgan fingerprint density at radius 3 is 2.82 bits per heavy atom. The molecule has 1 aromatic heterocycles. The van der Waals surface area contributed by atoms with Gasteiger partial charge in [-0.15, -0.1) is 0 Å². The summed E-state index contributed by atoms with van der Waals surface area (Å²) in [7, 11) is 0. The lowest BCUT2D eigenvalue weighted by molar-refractivity contribution is -0.141. The fourth-order valence-corrected chi connectivity index (χ4v) is 1.84. The predicted octanol–water partition coefficient (Wildman–Crippen LogP) is 1.29. The Balaban J connectivity index is 2.26. The maximum Gasteiger partial charge on any atom is 0.433 e. The number of hydrogen-bond acceptors (Lipinski definition) is 4. The van der Waals surface area contributed by atoms with E-state index in [-0.39, 0.29) is 6.04 Å². The van der Waals surface area contributed by atoms with Gasteiger partial charge in [-0.05, 0) is 6.92 Å². The number of rotatable bonds is 1. The van der Waals surface area contributed by atoms with Gasteiger partial charge in [0.2, 0.25) is 0 Å². The number of alkyl halides is 3. The summed E-state index contributed by atoms with van der Waals surface area (Å²) in [4.78, 5) is 9.02. The normalized spacial score (nSPS) is 21.6. The molecule has 17 heavy (non-hydrogen) atoms. The van der Waals surface area contributed by atoms with Gasteiger partial charge < -0.3 is 10.2 Å². The third-order valence-electron chi connectivity index (χ3n) is 2.74.